The molecule has 1 saturated heterocycles. The lowest BCUT2D eigenvalue weighted by Crippen LogP contribution is -2.45. The quantitative estimate of drug-likeness (QED) is 0.319. The first kappa shape index (κ1) is 27.7. The summed E-state index contributed by atoms with van der Waals surface area (Å²) in [6.45, 7) is 6.11. The van der Waals surface area contributed by atoms with Crippen molar-refractivity contribution in [1.82, 2.24) is 14.7 Å². The lowest BCUT2D eigenvalue weighted by molar-refractivity contribution is -0.132. The number of carbonyl (C=O) groups excluding carboxylic acids is 2. The second-order valence-electron chi connectivity index (χ2n) is 9.52. The first-order chi connectivity index (χ1) is 18.5. The molecule has 0 saturated carbocycles. The second-order valence-corrected chi connectivity index (χ2v) is 10.5. The van der Waals surface area contributed by atoms with E-state index in [1.165, 1.54) is 24.2 Å². The predicted octanol–water partition coefficient (Wildman–Crippen LogP) is 4.48. The molecule has 8 nitrogen and oxygen atoms in total. The molecule has 0 bridgehead atoms. The Hall–Kier alpha value is -3.30. The van der Waals surface area contributed by atoms with E-state index in [4.69, 9.17) is 13.9 Å². The molecule has 0 aliphatic carbocycles. The first-order valence-corrected chi connectivity index (χ1v) is 13.9. The lowest BCUT2D eigenvalue weighted by atomic mass is 10.1. The normalized spacial score (nSPS) is 13.4. The Morgan fingerprint density at radius 3 is 2.45 bits per heavy atom. The summed E-state index contributed by atoms with van der Waals surface area (Å²) in [7, 11) is 3.22. The van der Waals surface area contributed by atoms with Crippen molar-refractivity contribution >= 4 is 23.2 Å². The molecule has 4 rings (SSSR count). The highest BCUT2D eigenvalue weighted by molar-refractivity contribution is 7.12. The number of aryl methyl sites for hydroxylation is 1. The molecule has 38 heavy (non-hydrogen) atoms. The smallest absolute Gasteiger partial charge is 0.264 e. The molecule has 0 N–H and O–H groups in total. The molecule has 3 aromatic rings. The zero-order chi connectivity index (χ0) is 26.9. The number of amides is 2. The highest BCUT2D eigenvalue weighted by atomic mass is 32.1. The van der Waals surface area contributed by atoms with Crippen LogP contribution < -0.4 is 9.47 Å². The van der Waals surface area contributed by atoms with Crippen LogP contribution in [-0.2, 0) is 17.8 Å². The van der Waals surface area contributed by atoms with Crippen LogP contribution >= 0.6 is 11.3 Å². The third-order valence-electron chi connectivity index (χ3n) is 6.84. The monoisotopic (exact) mass is 539 g/mol. The van der Waals surface area contributed by atoms with Crippen LogP contribution in [0.5, 0.6) is 11.5 Å². The molecule has 0 radical (unpaired) electrons. The van der Waals surface area contributed by atoms with Crippen molar-refractivity contribution in [1.29, 1.82) is 0 Å². The molecule has 2 amide bonds. The van der Waals surface area contributed by atoms with Crippen molar-refractivity contribution in [3.05, 3.63) is 69.8 Å². The Morgan fingerprint density at radius 1 is 1.00 bits per heavy atom. The standard InChI is InChI=1S/C29H37N3O5S/c1-22-8-10-24(37-22)20-31(15-12-23-9-11-25(35-2)26(19-23)36-3)28(33)21-32(17-16-30-13-4-5-14-30)29(34)27-7-6-18-38-27/h6-11,18-19H,4-5,12-17,20-21H2,1-3H3. The third-order valence-corrected chi connectivity index (χ3v) is 7.70. The fourth-order valence-electron chi connectivity index (χ4n) is 4.69. The number of methoxy groups -OCH3 is 2. The van der Waals surface area contributed by atoms with E-state index in [1.54, 1.807) is 24.0 Å². The minimum atomic E-state index is -0.106. The Kier molecular flexibility index (Phi) is 9.84. The summed E-state index contributed by atoms with van der Waals surface area (Å²) in [6, 6.07) is 13.3. The summed E-state index contributed by atoms with van der Waals surface area (Å²) in [6.07, 6.45) is 2.99. The average molecular weight is 540 g/mol. The third kappa shape index (κ3) is 7.39. The number of nitrogens with zero attached hydrogens (tertiary/aromatic N) is 3. The fourth-order valence-corrected chi connectivity index (χ4v) is 5.38. The number of hydrogen-bond acceptors (Lipinski definition) is 7. The van der Waals surface area contributed by atoms with Crippen LogP contribution in [0.4, 0.5) is 0 Å². The Morgan fingerprint density at radius 2 is 1.79 bits per heavy atom. The van der Waals surface area contributed by atoms with Gasteiger partial charge >= 0.3 is 0 Å². The molecule has 1 aliphatic heterocycles. The number of carbonyl (C=O) groups is 2. The number of rotatable bonds is 13. The maximum absolute atomic E-state index is 13.7. The van der Waals surface area contributed by atoms with Crippen LogP contribution in [0.1, 0.15) is 39.6 Å². The average Bonchev–Trinajstić information content (AvgIpc) is 3.72. The van der Waals surface area contributed by atoms with E-state index in [0.29, 0.717) is 42.4 Å². The fraction of sp³-hybridized carbons (Fsp3) is 0.448. The van der Waals surface area contributed by atoms with E-state index in [2.05, 4.69) is 4.90 Å². The molecule has 9 heteroatoms. The molecule has 0 unspecified atom stereocenters. The summed E-state index contributed by atoms with van der Waals surface area (Å²) < 4.78 is 16.6. The highest BCUT2D eigenvalue weighted by Gasteiger charge is 2.25. The van der Waals surface area contributed by atoms with Crippen molar-refractivity contribution in [2.75, 3.05) is 53.5 Å². The number of hydrogen-bond donors (Lipinski definition) is 0. The molecule has 0 spiro atoms. The largest absolute Gasteiger partial charge is 0.493 e. The Balaban J connectivity index is 1.49. The number of ether oxygens (including phenoxy) is 2. The second kappa shape index (κ2) is 13.5. The van der Waals surface area contributed by atoms with E-state index >= 15 is 0 Å². The summed E-state index contributed by atoms with van der Waals surface area (Å²) >= 11 is 1.41. The highest BCUT2D eigenvalue weighted by Crippen LogP contribution is 2.28. The zero-order valence-corrected chi connectivity index (χ0v) is 23.3. The Bertz CT molecular complexity index is 1190. The predicted molar refractivity (Wildman–Crippen MR) is 148 cm³/mol. The van der Waals surface area contributed by atoms with Gasteiger partial charge in [-0.05, 0) is 80.6 Å². The van der Waals surface area contributed by atoms with Crippen molar-refractivity contribution in [3.8, 4) is 11.5 Å². The molecule has 1 fully saturated rings. The molecule has 204 valence electrons. The van der Waals surface area contributed by atoms with Gasteiger partial charge in [0.1, 0.15) is 18.1 Å². The topological polar surface area (TPSA) is 75.5 Å². The number of thiophene rings is 1. The molecule has 0 atom stereocenters. The van der Waals surface area contributed by atoms with Crippen LogP contribution in [0.2, 0.25) is 0 Å². The van der Waals surface area contributed by atoms with E-state index in [9.17, 15) is 9.59 Å². The maximum Gasteiger partial charge on any atom is 0.264 e. The minimum Gasteiger partial charge on any atom is -0.493 e. The van der Waals surface area contributed by atoms with Crippen LogP contribution in [0.3, 0.4) is 0 Å². The molecular formula is C29H37N3O5S. The number of furan rings is 1. The lowest BCUT2D eigenvalue weighted by Gasteiger charge is -2.28. The summed E-state index contributed by atoms with van der Waals surface area (Å²) in [5.74, 6) is 2.63. The SMILES string of the molecule is COc1ccc(CCN(Cc2ccc(C)o2)C(=O)CN(CCN2CCCC2)C(=O)c2cccs2)cc1OC. The molecule has 2 aromatic heterocycles. The van der Waals surface area contributed by atoms with Crippen LogP contribution in [-0.4, -0.2) is 80.0 Å². The van der Waals surface area contributed by atoms with Crippen molar-refractivity contribution in [3.63, 3.8) is 0 Å². The van der Waals surface area contributed by atoms with E-state index in [-0.39, 0.29) is 18.4 Å². The van der Waals surface area contributed by atoms with E-state index in [1.807, 2.05) is 54.8 Å². The van der Waals surface area contributed by atoms with Gasteiger partial charge in [-0.1, -0.05) is 12.1 Å². The van der Waals surface area contributed by atoms with Gasteiger partial charge in [0.05, 0.1) is 25.6 Å². The van der Waals surface area contributed by atoms with E-state index < -0.39 is 0 Å². The van der Waals surface area contributed by atoms with Crippen LogP contribution in [0, 0.1) is 6.92 Å². The van der Waals surface area contributed by atoms with Gasteiger partial charge in [0.15, 0.2) is 11.5 Å². The van der Waals surface area contributed by atoms with Crippen molar-refractivity contribution in [2.45, 2.75) is 32.7 Å². The molecule has 1 aromatic carbocycles. The van der Waals surface area contributed by atoms with Gasteiger partial charge in [-0.2, -0.15) is 0 Å². The van der Waals surface area contributed by atoms with Crippen molar-refractivity contribution < 1.29 is 23.5 Å². The van der Waals surface area contributed by atoms with Gasteiger partial charge in [0, 0.05) is 19.6 Å². The molecular weight excluding hydrogens is 502 g/mol. The zero-order valence-electron chi connectivity index (χ0n) is 22.5. The number of likely N-dealkylation sites (tertiary alicyclic amines) is 1. The van der Waals surface area contributed by atoms with Crippen LogP contribution in [0.15, 0.2) is 52.3 Å². The summed E-state index contributed by atoms with van der Waals surface area (Å²) in [5.41, 5.74) is 1.02. The Labute approximate surface area is 228 Å². The van der Waals surface area contributed by atoms with E-state index in [0.717, 1.165) is 36.7 Å². The van der Waals surface area contributed by atoms with Crippen LogP contribution in [0.25, 0.3) is 0 Å². The number of benzene rings is 1. The van der Waals surface area contributed by atoms with Gasteiger partial charge in [0.2, 0.25) is 5.91 Å². The van der Waals surface area contributed by atoms with Gasteiger partial charge in [-0.15, -0.1) is 11.3 Å². The van der Waals surface area contributed by atoms with Gasteiger partial charge in [-0.25, -0.2) is 0 Å². The molecule has 1 aliphatic rings. The van der Waals surface area contributed by atoms with Gasteiger partial charge in [0.25, 0.3) is 5.91 Å². The minimum absolute atomic E-state index is 0.0240. The van der Waals surface area contributed by atoms with Gasteiger partial charge in [-0.3, -0.25) is 9.59 Å². The van der Waals surface area contributed by atoms with Crippen molar-refractivity contribution in [2.24, 2.45) is 0 Å². The van der Waals surface area contributed by atoms with Gasteiger partial charge < -0.3 is 28.6 Å². The maximum atomic E-state index is 13.7. The molecule has 3 heterocycles. The summed E-state index contributed by atoms with van der Waals surface area (Å²) in [5, 5.41) is 1.89. The summed E-state index contributed by atoms with van der Waals surface area (Å²) in [4.78, 5) is 33.5. The first-order valence-electron chi connectivity index (χ1n) is 13.1.